The van der Waals surface area contributed by atoms with Crippen molar-refractivity contribution in [2.75, 3.05) is 18.0 Å². The Morgan fingerprint density at radius 1 is 1.04 bits per heavy atom. The summed E-state index contributed by atoms with van der Waals surface area (Å²) in [7, 11) is -3.52. The molecule has 0 amide bonds. The van der Waals surface area contributed by atoms with E-state index in [4.69, 9.17) is 0 Å². The van der Waals surface area contributed by atoms with Crippen LogP contribution in [0.25, 0.3) is 5.69 Å². The highest BCUT2D eigenvalue weighted by Crippen LogP contribution is 2.38. The van der Waals surface area contributed by atoms with Gasteiger partial charge < -0.3 is 4.90 Å². The number of nitrogens with zero attached hydrogens (tertiary/aromatic N) is 6. The third kappa shape index (κ3) is 2.78. The summed E-state index contributed by atoms with van der Waals surface area (Å²) in [6, 6.07) is 10.5. The Kier molecular flexibility index (Phi) is 3.95. The van der Waals surface area contributed by atoms with Crippen molar-refractivity contribution in [3.05, 3.63) is 60.8 Å². The molecule has 144 valence electrons. The topological polar surface area (TPSA) is 84.2 Å². The van der Waals surface area contributed by atoms with Gasteiger partial charge in [-0.15, -0.1) is 0 Å². The molecule has 0 aliphatic carbocycles. The van der Waals surface area contributed by atoms with Gasteiger partial charge in [-0.25, -0.2) is 23.1 Å². The highest BCUT2D eigenvalue weighted by atomic mass is 32.2. The highest BCUT2D eigenvalue weighted by Gasteiger charge is 2.51. The van der Waals surface area contributed by atoms with Gasteiger partial charge in [-0.3, -0.25) is 0 Å². The monoisotopic (exact) mass is 396 g/mol. The number of anilines is 1. The first-order chi connectivity index (χ1) is 13.5. The molecular weight excluding hydrogens is 376 g/mol. The fourth-order valence-electron chi connectivity index (χ4n) is 4.09. The van der Waals surface area contributed by atoms with Crippen LogP contribution in [0.1, 0.15) is 12.2 Å². The van der Waals surface area contributed by atoms with E-state index in [1.807, 2.05) is 25.3 Å². The van der Waals surface area contributed by atoms with E-state index in [-0.39, 0.29) is 12.1 Å². The fraction of sp³-hybridized carbons (Fsp3) is 0.316. The standard InChI is InChI=1S/C19H20N6O2S/c1-14-20-9-7-19(22-14)23-12-16-11-17(13-23)25(16)28(26,27)18-5-3-15(4-6-18)24-10-2-8-21-24/h2-10,16-17H,11-13H2,1H3. The third-order valence-corrected chi connectivity index (χ3v) is 7.41. The normalized spacial score (nSPS) is 22.1. The van der Waals surface area contributed by atoms with Crippen LogP contribution in [0.3, 0.4) is 0 Å². The second-order valence-electron chi connectivity index (χ2n) is 7.19. The Balaban J connectivity index is 1.36. The number of piperidine rings is 1. The number of rotatable bonds is 4. The van der Waals surface area contributed by atoms with E-state index in [1.165, 1.54) is 0 Å². The van der Waals surface area contributed by atoms with Crippen LogP contribution in [0.2, 0.25) is 0 Å². The molecule has 1 aromatic carbocycles. The summed E-state index contributed by atoms with van der Waals surface area (Å²) in [5, 5.41) is 4.17. The molecular formula is C19H20N6O2S. The van der Waals surface area contributed by atoms with Crippen LogP contribution in [0, 0.1) is 6.92 Å². The maximum atomic E-state index is 13.2. The molecule has 0 spiro atoms. The van der Waals surface area contributed by atoms with E-state index in [1.54, 1.807) is 45.6 Å². The lowest BCUT2D eigenvalue weighted by molar-refractivity contribution is 0.0874. The molecule has 3 aliphatic rings. The average molecular weight is 396 g/mol. The SMILES string of the molecule is Cc1nccc(N2CC3CC(C2)N3S(=O)(=O)c2ccc(-n3cccn3)cc2)n1. The van der Waals surface area contributed by atoms with E-state index in [0.717, 1.165) is 23.8 Å². The predicted molar refractivity (Wildman–Crippen MR) is 104 cm³/mol. The van der Waals surface area contributed by atoms with Gasteiger partial charge in [0.2, 0.25) is 10.0 Å². The smallest absolute Gasteiger partial charge is 0.243 e. The summed E-state index contributed by atoms with van der Waals surface area (Å²) in [6.07, 6.45) is 6.16. The van der Waals surface area contributed by atoms with Gasteiger partial charge in [0.25, 0.3) is 0 Å². The molecule has 3 saturated heterocycles. The molecule has 2 unspecified atom stereocenters. The quantitative estimate of drug-likeness (QED) is 0.666. The van der Waals surface area contributed by atoms with Gasteiger partial charge >= 0.3 is 0 Å². The maximum Gasteiger partial charge on any atom is 0.243 e. The van der Waals surface area contributed by atoms with Crippen molar-refractivity contribution in [3.8, 4) is 5.69 Å². The van der Waals surface area contributed by atoms with Gasteiger partial charge in [-0.1, -0.05) is 0 Å². The van der Waals surface area contributed by atoms with Crippen molar-refractivity contribution in [2.45, 2.75) is 30.3 Å². The van der Waals surface area contributed by atoms with Crippen LogP contribution >= 0.6 is 0 Å². The average Bonchev–Trinajstić information content (AvgIpc) is 3.23. The Morgan fingerprint density at radius 2 is 1.79 bits per heavy atom. The van der Waals surface area contributed by atoms with Crippen molar-refractivity contribution in [1.29, 1.82) is 0 Å². The lowest BCUT2D eigenvalue weighted by Crippen LogP contribution is -2.70. The minimum Gasteiger partial charge on any atom is -0.353 e. The minimum atomic E-state index is -3.52. The minimum absolute atomic E-state index is 0.0233. The van der Waals surface area contributed by atoms with E-state index in [9.17, 15) is 8.42 Å². The van der Waals surface area contributed by atoms with E-state index < -0.39 is 10.0 Å². The number of aromatic nitrogens is 4. The van der Waals surface area contributed by atoms with E-state index >= 15 is 0 Å². The van der Waals surface area contributed by atoms with Crippen molar-refractivity contribution < 1.29 is 8.42 Å². The molecule has 3 fully saturated rings. The molecule has 0 radical (unpaired) electrons. The molecule has 2 atom stereocenters. The van der Waals surface area contributed by atoms with Gasteiger partial charge in [0.05, 0.1) is 10.6 Å². The number of fused-ring (bicyclic) bond motifs is 2. The zero-order valence-corrected chi connectivity index (χ0v) is 16.2. The van der Waals surface area contributed by atoms with Gasteiger partial charge in [-0.05, 0) is 49.7 Å². The van der Waals surface area contributed by atoms with Crippen molar-refractivity contribution in [1.82, 2.24) is 24.1 Å². The second-order valence-corrected chi connectivity index (χ2v) is 9.03. The molecule has 28 heavy (non-hydrogen) atoms. The van der Waals surface area contributed by atoms with Crippen molar-refractivity contribution in [2.24, 2.45) is 0 Å². The molecule has 9 heteroatoms. The Labute approximate surface area is 163 Å². The van der Waals surface area contributed by atoms with Gasteiger partial charge in [0.15, 0.2) is 0 Å². The molecule has 0 saturated carbocycles. The first kappa shape index (κ1) is 17.3. The third-order valence-electron chi connectivity index (χ3n) is 5.39. The highest BCUT2D eigenvalue weighted by molar-refractivity contribution is 7.89. The number of sulfonamides is 1. The summed E-state index contributed by atoms with van der Waals surface area (Å²) in [5.74, 6) is 1.58. The Hall–Kier alpha value is -2.78. The Morgan fingerprint density at radius 3 is 2.43 bits per heavy atom. The molecule has 8 nitrogen and oxygen atoms in total. The largest absolute Gasteiger partial charge is 0.353 e. The van der Waals surface area contributed by atoms with Crippen LogP contribution in [-0.2, 0) is 10.0 Å². The zero-order chi connectivity index (χ0) is 19.3. The number of hydrogen-bond donors (Lipinski definition) is 0. The molecule has 2 bridgehead atoms. The number of piperazine rings is 1. The Bertz CT molecular complexity index is 1090. The lowest BCUT2D eigenvalue weighted by Gasteiger charge is -2.55. The summed E-state index contributed by atoms with van der Waals surface area (Å²) in [4.78, 5) is 11.1. The van der Waals surface area contributed by atoms with Crippen molar-refractivity contribution in [3.63, 3.8) is 0 Å². The van der Waals surface area contributed by atoms with E-state index in [0.29, 0.717) is 18.0 Å². The summed E-state index contributed by atoms with van der Waals surface area (Å²) in [5.41, 5.74) is 0.832. The first-order valence-corrected chi connectivity index (χ1v) is 10.6. The predicted octanol–water partition coefficient (Wildman–Crippen LogP) is 1.62. The zero-order valence-electron chi connectivity index (χ0n) is 15.4. The second kappa shape index (κ2) is 6.39. The van der Waals surface area contributed by atoms with E-state index in [2.05, 4.69) is 20.0 Å². The molecule has 3 aromatic rings. The molecule has 5 heterocycles. The number of aryl methyl sites for hydroxylation is 1. The molecule has 3 aliphatic heterocycles. The fourth-order valence-corrected chi connectivity index (χ4v) is 5.90. The summed E-state index contributed by atoms with van der Waals surface area (Å²) >= 11 is 0. The molecule has 6 rings (SSSR count). The number of hydrogen-bond acceptors (Lipinski definition) is 6. The molecule has 0 N–H and O–H groups in total. The first-order valence-electron chi connectivity index (χ1n) is 9.20. The van der Waals surface area contributed by atoms with Crippen molar-refractivity contribution >= 4 is 15.8 Å². The van der Waals surface area contributed by atoms with Crippen LogP contribution in [0.5, 0.6) is 0 Å². The van der Waals surface area contributed by atoms with Crippen LogP contribution in [0.15, 0.2) is 59.9 Å². The lowest BCUT2D eigenvalue weighted by atomic mass is 9.91. The van der Waals surface area contributed by atoms with Crippen LogP contribution in [0.4, 0.5) is 5.82 Å². The van der Waals surface area contributed by atoms with Gasteiger partial charge in [-0.2, -0.15) is 9.40 Å². The summed E-state index contributed by atoms with van der Waals surface area (Å²) < 4.78 is 29.7. The molecule has 2 aromatic heterocycles. The summed E-state index contributed by atoms with van der Waals surface area (Å²) in [6.45, 7) is 3.16. The van der Waals surface area contributed by atoms with Crippen LogP contribution < -0.4 is 4.90 Å². The van der Waals surface area contributed by atoms with Crippen LogP contribution in [-0.4, -0.2) is 57.6 Å². The van der Waals surface area contributed by atoms with Gasteiger partial charge in [0.1, 0.15) is 11.6 Å². The number of benzene rings is 1. The maximum absolute atomic E-state index is 13.2. The van der Waals surface area contributed by atoms with Gasteiger partial charge in [0, 0.05) is 43.8 Å².